The maximum Gasteiger partial charge on any atom is 0.214 e. The second-order valence-corrected chi connectivity index (χ2v) is 6.99. The van der Waals surface area contributed by atoms with E-state index in [9.17, 15) is 8.42 Å². The van der Waals surface area contributed by atoms with E-state index in [1.807, 2.05) is 6.92 Å². The van der Waals surface area contributed by atoms with Crippen LogP contribution in [0.4, 0.5) is 0 Å². The highest BCUT2D eigenvalue weighted by Crippen LogP contribution is 2.15. The van der Waals surface area contributed by atoms with Gasteiger partial charge >= 0.3 is 0 Å². The number of alkyl halides is 1. The Hall–Kier alpha value is 0.350. The lowest BCUT2D eigenvalue weighted by molar-refractivity contribution is 0.0981. The zero-order valence-electron chi connectivity index (χ0n) is 9.62. The van der Waals surface area contributed by atoms with Crippen molar-refractivity contribution in [1.29, 1.82) is 0 Å². The Morgan fingerprint density at radius 2 is 2.06 bits per heavy atom. The highest BCUT2D eigenvalue weighted by molar-refractivity contribution is 9.09. The monoisotopic (exact) mass is 313 g/mol. The van der Waals surface area contributed by atoms with Crippen molar-refractivity contribution in [2.24, 2.45) is 0 Å². The van der Waals surface area contributed by atoms with Crippen LogP contribution in [0.5, 0.6) is 0 Å². The minimum Gasteiger partial charge on any atom is -0.381 e. The van der Waals surface area contributed by atoms with Crippen LogP contribution in [0.15, 0.2) is 0 Å². The summed E-state index contributed by atoms with van der Waals surface area (Å²) in [5.41, 5.74) is 0. The third kappa shape index (κ3) is 4.69. The van der Waals surface area contributed by atoms with Gasteiger partial charge in [0.25, 0.3) is 0 Å². The molecule has 1 aliphatic rings. The van der Waals surface area contributed by atoms with Crippen LogP contribution in [-0.4, -0.2) is 38.3 Å². The predicted octanol–water partition coefficient (Wildman–Crippen LogP) is 1.65. The van der Waals surface area contributed by atoms with Gasteiger partial charge in [0.05, 0.1) is 5.25 Å². The average Bonchev–Trinajstić information content (AvgIpc) is 2.27. The predicted molar refractivity (Wildman–Crippen MR) is 68.4 cm³/mol. The summed E-state index contributed by atoms with van der Waals surface area (Å²) >= 11 is 3.34. The van der Waals surface area contributed by atoms with Crippen LogP contribution in [0, 0.1) is 0 Å². The van der Waals surface area contributed by atoms with E-state index in [4.69, 9.17) is 4.74 Å². The third-order valence-electron chi connectivity index (χ3n) is 2.74. The minimum absolute atomic E-state index is 0.0189. The molecule has 0 aliphatic carbocycles. The van der Waals surface area contributed by atoms with Crippen molar-refractivity contribution < 1.29 is 13.2 Å². The molecule has 0 aromatic heterocycles. The summed E-state index contributed by atoms with van der Waals surface area (Å²) in [6.07, 6.45) is 3.08. The Balaban J connectivity index is 2.43. The summed E-state index contributed by atoms with van der Waals surface area (Å²) in [6.45, 7) is 3.03. The van der Waals surface area contributed by atoms with Crippen LogP contribution in [0.3, 0.4) is 0 Å². The van der Waals surface area contributed by atoms with Crippen molar-refractivity contribution in [1.82, 2.24) is 4.72 Å². The third-order valence-corrected chi connectivity index (χ3v) is 5.38. The lowest BCUT2D eigenvalue weighted by Crippen LogP contribution is -2.42. The topological polar surface area (TPSA) is 55.4 Å². The number of hydrogen-bond donors (Lipinski definition) is 1. The summed E-state index contributed by atoms with van der Waals surface area (Å²) in [4.78, 5) is 0. The lowest BCUT2D eigenvalue weighted by Gasteiger charge is -2.24. The maximum atomic E-state index is 12.0. The van der Waals surface area contributed by atoms with E-state index in [0.29, 0.717) is 26.1 Å². The molecule has 1 N–H and O–H groups in total. The number of sulfonamides is 1. The molecule has 16 heavy (non-hydrogen) atoms. The van der Waals surface area contributed by atoms with Crippen LogP contribution in [0.25, 0.3) is 0 Å². The van der Waals surface area contributed by atoms with Gasteiger partial charge in [0, 0.05) is 24.6 Å². The Bertz CT molecular complexity index is 288. The van der Waals surface area contributed by atoms with Gasteiger partial charge in [0.2, 0.25) is 10.0 Å². The van der Waals surface area contributed by atoms with Gasteiger partial charge in [-0.15, -0.1) is 0 Å². The summed E-state index contributed by atoms with van der Waals surface area (Å²) in [6, 6.07) is 0.0189. The molecule has 1 saturated heterocycles. The largest absolute Gasteiger partial charge is 0.381 e. The van der Waals surface area contributed by atoms with Crippen molar-refractivity contribution in [3.63, 3.8) is 0 Å². The van der Waals surface area contributed by atoms with Crippen LogP contribution in [0.2, 0.25) is 0 Å². The van der Waals surface area contributed by atoms with Gasteiger partial charge < -0.3 is 4.74 Å². The highest BCUT2D eigenvalue weighted by atomic mass is 79.9. The number of halogens is 1. The van der Waals surface area contributed by atoms with Gasteiger partial charge in [0.15, 0.2) is 0 Å². The van der Waals surface area contributed by atoms with Crippen molar-refractivity contribution >= 4 is 26.0 Å². The van der Waals surface area contributed by atoms with Crippen molar-refractivity contribution in [3.8, 4) is 0 Å². The molecule has 1 fully saturated rings. The molecule has 1 atom stereocenters. The van der Waals surface area contributed by atoms with Crippen LogP contribution >= 0.6 is 15.9 Å². The molecule has 1 unspecified atom stereocenters. The summed E-state index contributed by atoms with van der Waals surface area (Å²) < 4.78 is 31.9. The second kappa shape index (κ2) is 6.93. The maximum absolute atomic E-state index is 12.0. The normalized spacial score (nSPS) is 20.9. The van der Waals surface area contributed by atoms with Crippen molar-refractivity contribution in [2.75, 3.05) is 18.5 Å². The zero-order valence-corrected chi connectivity index (χ0v) is 12.0. The molecule has 0 amide bonds. The van der Waals surface area contributed by atoms with Crippen molar-refractivity contribution in [2.45, 2.75) is 43.9 Å². The van der Waals surface area contributed by atoms with E-state index >= 15 is 0 Å². The Labute approximate surface area is 106 Å². The SMILES string of the molecule is CC(CCCBr)NS(=O)(=O)C1CCOCC1. The molecule has 6 heteroatoms. The molecule has 4 nitrogen and oxygen atoms in total. The summed E-state index contributed by atoms with van der Waals surface area (Å²) in [7, 11) is -3.16. The standard InChI is InChI=1S/C10H20BrNO3S/c1-9(3-2-6-11)12-16(13,14)10-4-7-15-8-5-10/h9-10,12H,2-8H2,1H3. The van der Waals surface area contributed by atoms with Gasteiger partial charge in [-0.05, 0) is 32.6 Å². The zero-order chi connectivity index (χ0) is 12.0. The Morgan fingerprint density at radius 3 is 2.62 bits per heavy atom. The molecular formula is C10H20BrNO3S. The lowest BCUT2D eigenvalue weighted by atomic mass is 10.2. The Kier molecular flexibility index (Phi) is 6.25. The van der Waals surface area contributed by atoms with E-state index in [-0.39, 0.29) is 11.3 Å². The quantitative estimate of drug-likeness (QED) is 0.759. The number of rotatable bonds is 6. The fraction of sp³-hybridized carbons (Fsp3) is 1.00. The van der Waals surface area contributed by atoms with Gasteiger partial charge in [-0.3, -0.25) is 0 Å². The average molecular weight is 314 g/mol. The first kappa shape index (κ1) is 14.4. The number of hydrogen-bond acceptors (Lipinski definition) is 3. The minimum atomic E-state index is -3.16. The van der Waals surface area contributed by atoms with Crippen LogP contribution in [-0.2, 0) is 14.8 Å². The van der Waals surface area contributed by atoms with Gasteiger partial charge in [0.1, 0.15) is 0 Å². The summed E-state index contributed by atoms with van der Waals surface area (Å²) in [5, 5.41) is 0.642. The molecule has 0 saturated carbocycles. The van der Waals surface area contributed by atoms with E-state index in [1.165, 1.54) is 0 Å². The molecule has 1 aliphatic heterocycles. The van der Waals surface area contributed by atoms with Gasteiger partial charge in [-0.2, -0.15) is 0 Å². The van der Waals surface area contributed by atoms with Crippen LogP contribution < -0.4 is 4.72 Å². The molecule has 0 aromatic carbocycles. The first-order valence-corrected chi connectivity index (χ1v) is 8.38. The number of ether oxygens (including phenoxy) is 1. The highest BCUT2D eigenvalue weighted by Gasteiger charge is 2.28. The molecule has 0 aromatic rings. The van der Waals surface area contributed by atoms with Crippen molar-refractivity contribution in [3.05, 3.63) is 0 Å². The molecule has 0 radical (unpaired) electrons. The van der Waals surface area contributed by atoms with E-state index in [2.05, 4.69) is 20.7 Å². The molecule has 0 bridgehead atoms. The molecule has 0 spiro atoms. The fourth-order valence-electron chi connectivity index (χ4n) is 1.81. The smallest absolute Gasteiger partial charge is 0.214 e. The second-order valence-electron chi connectivity index (χ2n) is 4.21. The molecule has 1 rings (SSSR count). The van der Waals surface area contributed by atoms with E-state index in [0.717, 1.165) is 18.2 Å². The Morgan fingerprint density at radius 1 is 1.44 bits per heavy atom. The summed E-state index contributed by atoms with van der Waals surface area (Å²) in [5.74, 6) is 0. The van der Waals surface area contributed by atoms with Gasteiger partial charge in [-0.1, -0.05) is 15.9 Å². The first-order valence-electron chi connectivity index (χ1n) is 5.71. The molecule has 96 valence electrons. The molecular weight excluding hydrogens is 294 g/mol. The first-order chi connectivity index (χ1) is 7.56. The van der Waals surface area contributed by atoms with E-state index in [1.54, 1.807) is 0 Å². The molecule has 1 heterocycles. The fourth-order valence-corrected chi connectivity index (χ4v) is 3.81. The van der Waals surface area contributed by atoms with Gasteiger partial charge in [-0.25, -0.2) is 13.1 Å². The van der Waals surface area contributed by atoms with Crippen LogP contribution in [0.1, 0.15) is 32.6 Å². The number of nitrogens with one attached hydrogen (secondary N) is 1. The van der Waals surface area contributed by atoms with E-state index < -0.39 is 10.0 Å².